The maximum absolute atomic E-state index is 12.6. The first-order valence-electron chi connectivity index (χ1n) is 6.74. The fourth-order valence-corrected chi connectivity index (χ4v) is 1.97. The molecule has 0 saturated carbocycles. The van der Waals surface area contributed by atoms with Gasteiger partial charge in [0.2, 0.25) is 0 Å². The van der Waals surface area contributed by atoms with Gasteiger partial charge in [-0.15, -0.1) is 0 Å². The highest BCUT2D eigenvalue weighted by Crippen LogP contribution is 2.17. The van der Waals surface area contributed by atoms with Crippen LogP contribution in [0.1, 0.15) is 22.3 Å². The molecular formula is C15H24N2O3. The zero-order valence-electron chi connectivity index (χ0n) is 12.5. The predicted molar refractivity (Wildman–Crippen MR) is 79.9 cm³/mol. The normalized spacial score (nSPS) is 10.6. The van der Waals surface area contributed by atoms with Crippen LogP contribution in [0.15, 0.2) is 18.2 Å². The number of ether oxygens (including phenoxy) is 2. The Bertz CT molecular complexity index is 435. The average Bonchev–Trinajstić information content (AvgIpc) is 2.45. The van der Waals surface area contributed by atoms with Gasteiger partial charge in [0.1, 0.15) is 0 Å². The van der Waals surface area contributed by atoms with E-state index < -0.39 is 0 Å². The van der Waals surface area contributed by atoms with Crippen molar-refractivity contribution in [2.75, 3.05) is 46.3 Å². The zero-order valence-corrected chi connectivity index (χ0v) is 12.5. The van der Waals surface area contributed by atoms with Crippen molar-refractivity contribution in [1.29, 1.82) is 0 Å². The van der Waals surface area contributed by atoms with Crippen molar-refractivity contribution in [2.45, 2.75) is 13.3 Å². The number of carbonyl (C=O) groups excluding carboxylic acids is 1. The van der Waals surface area contributed by atoms with E-state index in [0.29, 0.717) is 37.6 Å². The summed E-state index contributed by atoms with van der Waals surface area (Å²) in [5, 5.41) is 0. The monoisotopic (exact) mass is 280 g/mol. The summed E-state index contributed by atoms with van der Waals surface area (Å²) in [6.07, 6.45) is 0.799. The van der Waals surface area contributed by atoms with Crippen molar-refractivity contribution < 1.29 is 14.3 Å². The summed E-state index contributed by atoms with van der Waals surface area (Å²) in [4.78, 5) is 14.4. The van der Waals surface area contributed by atoms with E-state index in [1.54, 1.807) is 31.3 Å². The number of carbonyl (C=O) groups is 1. The van der Waals surface area contributed by atoms with Crippen molar-refractivity contribution in [1.82, 2.24) is 4.90 Å². The van der Waals surface area contributed by atoms with Gasteiger partial charge in [0.25, 0.3) is 5.91 Å². The van der Waals surface area contributed by atoms with Gasteiger partial charge in [0.15, 0.2) is 0 Å². The molecule has 5 nitrogen and oxygen atoms in total. The molecule has 0 aliphatic rings. The van der Waals surface area contributed by atoms with Crippen LogP contribution in [0, 0.1) is 6.92 Å². The Morgan fingerprint density at radius 2 is 1.90 bits per heavy atom. The van der Waals surface area contributed by atoms with Crippen molar-refractivity contribution in [3.63, 3.8) is 0 Å². The minimum atomic E-state index is -0.0112. The lowest BCUT2D eigenvalue weighted by Crippen LogP contribution is -2.35. The van der Waals surface area contributed by atoms with E-state index in [1.165, 1.54) is 0 Å². The second kappa shape index (κ2) is 8.55. The average molecular weight is 280 g/mol. The van der Waals surface area contributed by atoms with E-state index in [1.807, 2.05) is 13.0 Å². The predicted octanol–water partition coefficient (Wildman–Crippen LogP) is 1.70. The molecule has 0 fully saturated rings. The summed E-state index contributed by atoms with van der Waals surface area (Å²) in [6.45, 7) is 4.22. The molecule has 0 spiro atoms. The lowest BCUT2D eigenvalue weighted by Gasteiger charge is -2.23. The van der Waals surface area contributed by atoms with Crippen molar-refractivity contribution in [3.8, 4) is 0 Å². The van der Waals surface area contributed by atoms with E-state index in [0.717, 1.165) is 12.0 Å². The summed E-state index contributed by atoms with van der Waals surface area (Å²) < 4.78 is 10.1. The van der Waals surface area contributed by atoms with Crippen LogP contribution in [0.3, 0.4) is 0 Å². The van der Waals surface area contributed by atoms with Crippen LogP contribution < -0.4 is 5.73 Å². The van der Waals surface area contributed by atoms with Crippen LogP contribution in [0.25, 0.3) is 0 Å². The Labute approximate surface area is 120 Å². The molecule has 0 aliphatic heterocycles. The molecule has 0 unspecified atom stereocenters. The first kappa shape index (κ1) is 16.5. The molecule has 1 amide bonds. The Morgan fingerprint density at radius 3 is 2.55 bits per heavy atom. The third kappa shape index (κ3) is 4.51. The molecule has 0 heterocycles. The summed E-state index contributed by atoms with van der Waals surface area (Å²) in [6, 6.07) is 5.42. The fourth-order valence-electron chi connectivity index (χ4n) is 1.97. The smallest absolute Gasteiger partial charge is 0.254 e. The van der Waals surface area contributed by atoms with E-state index in [4.69, 9.17) is 15.2 Å². The summed E-state index contributed by atoms with van der Waals surface area (Å²) in [5.41, 5.74) is 7.98. The largest absolute Gasteiger partial charge is 0.398 e. The molecule has 5 heteroatoms. The minimum absolute atomic E-state index is 0.0112. The van der Waals surface area contributed by atoms with Gasteiger partial charge in [-0.05, 0) is 31.0 Å². The summed E-state index contributed by atoms with van der Waals surface area (Å²) >= 11 is 0. The Balaban J connectivity index is 2.82. The van der Waals surface area contributed by atoms with E-state index in [2.05, 4.69) is 0 Å². The summed E-state index contributed by atoms with van der Waals surface area (Å²) in [5.74, 6) is -0.0112. The number of hydrogen-bond acceptors (Lipinski definition) is 4. The van der Waals surface area contributed by atoms with Crippen LogP contribution in [0.2, 0.25) is 0 Å². The molecule has 0 bridgehead atoms. The zero-order chi connectivity index (χ0) is 15.0. The third-order valence-corrected chi connectivity index (χ3v) is 3.24. The van der Waals surface area contributed by atoms with E-state index >= 15 is 0 Å². The molecule has 0 aliphatic carbocycles. The third-order valence-electron chi connectivity index (χ3n) is 3.24. The SMILES string of the molecule is COCCCN(CCOC)C(=O)c1cccc(N)c1C. The number of anilines is 1. The molecular weight excluding hydrogens is 256 g/mol. The second-order valence-corrected chi connectivity index (χ2v) is 4.65. The van der Waals surface area contributed by atoms with Gasteiger partial charge in [-0.25, -0.2) is 0 Å². The molecule has 0 saturated heterocycles. The molecule has 1 aromatic carbocycles. The van der Waals surface area contributed by atoms with E-state index in [9.17, 15) is 4.79 Å². The highest BCUT2D eigenvalue weighted by Gasteiger charge is 2.17. The highest BCUT2D eigenvalue weighted by molar-refractivity contribution is 5.96. The van der Waals surface area contributed by atoms with Crippen LogP contribution in [0.4, 0.5) is 5.69 Å². The number of nitrogen functional groups attached to an aromatic ring is 1. The number of hydrogen-bond donors (Lipinski definition) is 1. The number of nitrogens with two attached hydrogens (primary N) is 1. The minimum Gasteiger partial charge on any atom is -0.398 e. The van der Waals surface area contributed by atoms with Crippen molar-refractivity contribution in [3.05, 3.63) is 29.3 Å². The Morgan fingerprint density at radius 1 is 1.20 bits per heavy atom. The molecule has 112 valence electrons. The fraction of sp³-hybridized carbons (Fsp3) is 0.533. The van der Waals surface area contributed by atoms with Crippen molar-refractivity contribution in [2.24, 2.45) is 0 Å². The maximum atomic E-state index is 12.6. The number of nitrogens with zero attached hydrogens (tertiary/aromatic N) is 1. The molecule has 0 atom stereocenters. The standard InChI is InChI=1S/C15H24N2O3/c1-12-13(6-4-7-14(12)16)15(18)17(9-11-20-3)8-5-10-19-2/h4,6-7H,5,8-11,16H2,1-3H3. The highest BCUT2D eigenvalue weighted by atomic mass is 16.5. The number of amides is 1. The lowest BCUT2D eigenvalue weighted by molar-refractivity contribution is 0.0673. The molecule has 0 radical (unpaired) electrons. The summed E-state index contributed by atoms with van der Waals surface area (Å²) in [7, 11) is 3.28. The molecule has 1 aromatic rings. The Kier molecular flexibility index (Phi) is 7.04. The van der Waals surface area contributed by atoms with Crippen LogP contribution >= 0.6 is 0 Å². The molecule has 20 heavy (non-hydrogen) atoms. The molecule has 1 rings (SSSR count). The second-order valence-electron chi connectivity index (χ2n) is 4.65. The van der Waals surface area contributed by atoms with Crippen molar-refractivity contribution >= 4 is 11.6 Å². The molecule has 0 aromatic heterocycles. The van der Waals surface area contributed by atoms with Gasteiger partial charge in [0, 0.05) is 45.2 Å². The number of methoxy groups -OCH3 is 2. The topological polar surface area (TPSA) is 64.8 Å². The number of benzene rings is 1. The first-order valence-corrected chi connectivity index (χ1v) is 6.74. The van der Waals surface area contributed by atoms with Gasteiger partial charge < -0.3 is 20.1 Å². The first-order chi connectivity index (χ1) is 9.61. The quantitative estimate of drug-likeness (QED) is 0.581. The van der Waals surface area contributed by atoms with E-state index in [-0.39, 0.29) is 5.91 Å². The van der Waals surface area contributed by atoms with Gasteiger partial charge in [0.05, 0.1) is 6.61 Å². The molecule has 2 N–H and O–H groups in total. The lowest BCUT2D eigenvalue weighted by atomic mass is 10.1. The van der Waals surface area contributed by atoms with Gasteiger partial charge in [-0.3, -0.25) is 4.79 Å². The maximum Gasteiger partial charge on any atom is 0.254 e. The Hall–Kier alpha value is -1.59. The number of rotatable bonds is 8. The van der Waals surface area contributed by atoms with Gasteiger partial charge in [-0.2, -0.15) is 0 Å². The van der Waals surface area contributed by atoms with Crippen LogP contribution in [0.5, 0.6) is 0 Å². The van der Waals surface area contributed by atoms with Crippen LogP contribution in [-0.4, -0.2) is 51.3 Å². The van der Waals surface area contributed by atoms with Gasteiger partial charge in [-0.1, -0.05) is 6.07 Å². The van der Waals surface area contributed by atoms with Crippen LogP contribution in [-0.2, 0) is 9.47 Å². The van der Waals surface area contributed by atoms with Gasteiger partial charge >= 0.3 is 0 Å².